The van der Waals surface area contributed by atoms with Crippen LogP contribution in [0, 0.1) is 5.82 Å². The van der Waals surface area contributed by atoms with E-state index in [0.29, 0.717) is 18.9 Å². The molecule has 1 aromatic carbocycles. The van der Waals surface area contributed by atoms with E-state index in [1.165, 1.54) is 18.6 Å². The second-order valence-electron chi connectivity index (χ2n) is 6.86. The number of hydrogen-bond donors (Lipinski definition) is 0. The minimum Gasteiger partial charge on any atom is -0.492 e. The molecule has 0 spiro atoms. The zero-order chi connectivity index (χ0) is 17.5. The zero-order valence-electron chi connectivity index (χ0n) is 14.8. The van der Waals surface area contributed by atoms with Gasteiger partial charge in [-0.05, 0) is 43.5 Å². The van der Waals surface area contributed by atoms with Crippen LogP contribution in [-0.2, 0) is 4.79 Å². The van der Waals surface area contributed by atoms with Crippen molar-refractivity contribution in [3.8, 4) is 5.75 Å². The summed E-state index contributed by atoms with van der Waals surface area (Å²) in [6.45, 7) is 7.63. The Labute approximate surface area is 149 Å². The highest BCUT2D eigenvalue weighted by Gasteiger charge is 2.22. The van der Waals surface area contributed by atoms with E-state index in [2.05, 4.69) is 9.80 Å². The number of amides is 1. The number of nitrogens with zero attached hydrogens (tertiary/aromatic N) is 3. The standard InChI is InChI=1S/C19H28FN3O2/c20-17-4-6-18(7-5-17)25-15-14-21-10-12-22(13-11-21)16-19(24)23-8-2-1-3-9-23/h4-7H,1-3,8-16H2. The molecule has 2 aliphatic rings. The van der Waals surface area contributed by atoms with Gasteiger partial charge in [0.15, 0.2) is 0 Å². The third kappa shape index (κ3) is 5.68. The van der Waals surface area contributed by atoms with Crippen LogP contribution in [0.1, 0.15) is 19.3 Å². The van der Waals surface area contributed by atoms with E-state index >= 15 is 0 Å². The molecule has 2 saturated heterocycles. The SMILES string of the molecule is O=C(CN1CCN(CCOc2ccc(F)cc2)CC1)N1CCCCC1. The molecule has 0 radical (unpaired) electrons. The van der Waals surface area contributed by atoms with E-state index in [0.717, 1.165) is 58.7 Å². The quantitative estimate of drug-likeness (QED) is 0.785. The fourth-order valence-corrected chi connectivity index (χ4v) is 3.43. The van der Waals surface area contributed by atoms with Gasteiger partial charge < -0.3 is 9.64 Å². The van der Waals surface area contributed by atoms with E-state index in [1.807, 2.05) is 4.90 Å². The molecule has 0 bridgehead atoms. The molecule has 1 aromatic rings. The average molecular weight is 349 g/mol. The number of piperidine rings is 1. The lowest BCUT2D eigenvalue weighted by molar-refractivity contribution is -0.133. The second kappa shape index (κ2) is 9.15. The Hall–Kier alpha value is -1.66. The van der Waals surface area contributed by atoms with Gasteiger partial charge in [-0.15, -0.1) is 0 Å². The van der Waals surface area contributed by atoms with Crippen molar-refractivity contribution in [3.63, 3.8) is 0 Å². The molecule has 138 valence electrons. The first kappa shape index (κ1) is 18.1. The Bertz CT molecular complexity index is 538. The Kier molecular flexibility index (Phi) is 6.64. The summed E-state index contributed by atoms with van der Waals surface area (Å²) < 4.78 is 18.5. The highest BCUT2D eigenvalue weighted by atomic mass is 19.1. The monoisotopic (exact) mass is 349 g/mol. The summed E-state index contributed by atoms with van der Waals surface area (Å²) in [4.78, 5) is 19.0. The van der Waals surface area contributed by atoms with Gasteiger partial charge in [0.05, 0.1) is 6.54 Å². The van der Waals surface area contributed by atoms with Gasteiger partial charge in [-0.1, -0.05) is 0 Å². The maximum atomic E-state index is 12.9. The topological polar surface area (TPSA) is 36.0 Å². The summed E-state index contributed by atoms with van der Waals surface area (Å²) in [5, 5.41) is 0. The average Bonchev–Trinajstić information content (AvgIpc) is 2.65. The second-order valence-corrected chi connectivity index (χ2v) is 6.86. The maximum absolute atomic E-state index is 12.9. The van der Waals surface area contributed by atoms with Crippen LogP contribution >= 0.6 is 0 Å². The van der Waals surface area contributed by atoms with Gasteiger partial charge in [-0.3, -0.25) is 14.6 Å². The lowest BCUT2D eigenvalue weighted by Gasteiger charge is -2.36. The van der Waals surface area contributed by atoms with Gasteiger partial charge in [-0.2, -0.15) is 0 Å². The number of carbonyl (C=O) groups is 1. The van der Waals surface area contributed by atoms with Gasteiger partial charge >= 0.3 is 0 Å². The molecule has 6 heteroatoms. The van der Waals surface area contributed by atoms with Crippen LogP contribution < -0.4 is 4.74 Å². The molecule has 3 rings (SSSR count). The van der Waals surface area contributed by atoms with Gasteiger partial charge in [0.2, 0.25) is 5.91 Å². The highest BCUT2D eigenvalue weighted by molar-refractivity contribution is 5.78. The first-order valence-electron chi connectivity index (χ1n) is 9.31. The third-order valence-electron chi connectivity index (χ3n) is 5.02. The molecule has 0 saturated carbocycles. The van der Waals surface area contributed by atoms with Gasteiger partial charge in [-0.25, -0.2) is 4.39 Å². The van der Waals surface area contributed by atoms with Crippen LogP contribution in [0.15, 0.2) is 24.3 Å². The van der Waals surface area contributed by atoms with Crippen molar-refractivity contribution in [2.75, 3.05) is 59.0 Å². The van der Waals surface area contributed by atoms with E-state index in [9.17, 15) is 9.18 Å². The van der Waals surface area contributed by atoms with Crippen LogP contribution in [0.3, 0.4) is 0 Å². The molecule has 2 heterocycles. The Morgan fingerprint density at radius 3 is 2.24 bits per heavy atom. The summed E-state index contributed by atoms with van der Waals surface area (Å²) >= 11 is 0. The largest absolute Gasteiger partial charge is 0.492 e. The Morgan fingerprint density at radius 1 is 0.920 bits per heavy atom. The minimum atomic E-state index is -0.248. The third-order valence-corrected chi connectivity index (χ3v) is 5.02. The van der Waals surface area contributed by atoms with Crippen molar-refractivity contribution in [1.82, 2.24) is 14.7 Å². The van der Waals surface area contributed by atoms with Crippen LogP contribution in [0.4, 0.5) is 4.39 Å². The molecular formula is C19H28FN3O2. The lowest BCUT2D eigenvalue weighted by Crippen LogP contribution is -2.51. The molecule has 0 aliphatic carbocycles. The molecule has 2 aliphatic heterocycles. The summed E-state index contributed by atoms with van der Waals surface area (Å²) in [6.07, 6.45) is 3.55. The highest BCUT2D eigenvalue weighted by Crippen LogP contribution is 2.12. The summed E-state index contributed by atoms with van der Waals surface area (Å²) in [5.74, 6) is 0.738. The summed E-state index contributed by atoms with van der Waals surface area (Å²) in [7, 11) is 0. The van der Waals surface area contributed by atoms with Crippen LogP contribution in [0.5, 0.6) is 5.75 Å². The van der Waals surface area contributed by atoms with Crippen molar-refractivity contribution < 1.29 is 13.9 Å². The predicted octanol–water partition coefficient (Wildman–Crippen LogP) is 1.83. The Balaban J connectivity index is 1.31. The number of benzene rings is 1. The number of ether oxygens (including phenoxy) is 1. The lowest BCUT2D eigenvalue weighted by atomic mass is 10.1. The summed E-state index contributed by atoms with van der Waals surface area (Å²) in [6, 6.07) is 6.12. The first-order valence-corrected chi connectivity index (χ1v) is 9.31. The smallest absolute Gasteiger partial charge is 0.236 e. The number of hydrogen-bond acceptors (Lipinski definition) is 4. The van der Waals surface area contributed by atoms with Crippen LogP contribution in [0.25, 0.3) is 0 Å². The number of carbonyl (C=O) groups excluding carboxylic acids is 1. The molecule has 1 amide bonds. The zero-order valence-corrected chi connectivity index (χ0v) is 14.8. The van der Waals surface area contributed by atoms with Gasteiger partial charge in [0, 0.05) is 45.8 Å². The maximum Gasteiger partial charge on any atom is 0.236 e. The van der Waals surface area contributed by atoms with Crippen molar-refractivity contribution in [3.05, 3.63) is 30.1 Å². The molecule has 0 N–H and O–H groups in total. The molecule has 2 fully saturated rings. The van der Waals surface area contributed by atoms with E-state index in [1.54, 1.807) is 12.1 Å². The molecular weight excluding hydrogens is 321 g/mol. The van der Waals surface area contributed by atoms with Gasteiger partial charge in [0.25, 0.3) is 0 Å². The number of halogens is 1. The molecule has 25 heavy (non-hydrogen) atoms. The minimum absolute atomic E-state index is 0.248. The van der Waals surface area contributed by atoms with Crippen LogP contribution in [0.2, 0.25) is 0 Å². The first-order chi connectivity index (χ1) is 12.2. The van der Waals surface area contributed by atoms with Crippen LogP contribution in [-0.4, -0.2) is 79.6 Å². The number of piperazine rings is 1. The summed E-state index contributed by atoms with van der Waals surface area (Å²) in [5.41, 5.74) is 0. The van der Waals surface area contributed by atoms with Crippen molar-refractivity contribution in [2.24, 2.45) is 0 Å². The van der Waals surface area contributed by atoms with E-state index in [4.69, 9.17) is 4.74 Å². The number of likely N-dealkylation sites (tertiary alicyclic amines) is 1. The number of rotatable bonds is 6. The van der Waals surface area contributed by atoms with Gasteiger partial charge in [0.1, 0.15) is 18.2 Å². The molecule has 0 unspecified atom stereocenters. The van der Waals surface area contributed by atoms with E-state index in [-0.39, 0.29) is 11.7 Å². The predicted molar refractivity (Wildman–Crippen MR) is 95.2 cm³/mol. The molecule has 5 nitrogen and oxygen atoms in total. The Morgan fingerprint density at radius 2 is 1.56 bits per heavy atom. The molecule has 0 aromatic heterocycles. The fraction of sp³-hybridized carbons (Fsp3) is 0.632. The van der Waals surface area contributed by atoms with Crippen molar-refractivity contribution in [1.29, 1.82) is 0 Å². The van der Waals surface area contributed by atoms with Crippen molar-refractivity contribution in [2.45, 2.75) is 19.3 Å². The van der Waals surface area contributed by atoms with E-state index < -0.39 is 0 Å². The fourth-order valence-electron chi connectivity index (χ4n) is 3.43. The molecule has 0 atom stereocenters. The van der Waals surface area contributed by atoms with Crippen molar-refractivity contribution >= 4 is 5.91 Å². The normalized spacial score (nSPS) is 19.8.